The molecule has 1 aromatic rings. The molecule has 7 heteroatoms. The number of fused-ring (bicyclic) bond motifs is 1. The number of hydrogen-bond donors (Lipinski definition) is 2. The first kappa shape index (κ1) is 16.2. The molecule has 25 heavy (non-hydrogen) atoms. The van der Waals surface area contributed by atoms with Gasteiger partial charge in [-0.3, -0.25) is 24.6 Å². The first-order valence-corrected chi connectivity index (χ1v) is 8.70. The number of likely N-dealkylation sites (N-methyl/N-ethyl adjacent to an activating group) is 1. The molecular formula is C18H22N4O3. The van der Waals surface area contributed by atoms with Gasteiger partial charge in [0.2, 0.25) is 11.8 Å². The summed E-state index contributed by atoms with van der Waals surface area (Å²) in [6, 6.07) is 5.94. The lowest BCUT2D eigenvalue weighted by atomic mass is 10.0. The zero-order chi connectivity index (χ0) is 17.6. The van der Waals surface area contributed by atoms with E-state index < -0.39 is 6.04 Å². The molecule has 1 aromatic carbocycles. The van der Waals surface area contributed by atoms with E-state index in [1.165, 1.54) is 5.56 Å². The number of imide groups is 1. The van der Waals surface area contributed by atoms with Gasteiger partial charge >= 0.3 is 0 Å². The molecule has 2 saturated heterocycles. The standard InChI is InChI=1S/C18H22N4O3/c1-21(13-7-19-8-13)9-11-2-3-14-12(6-11)10-22(18(14)25)15-4-5-16(23)20-17(15)24/h2-3,6,13,15,19H,4-5,7-10H2,1H3,(H,20,23,24). The van der Waals surface area contributed by atoms with Gasteiger partial charge in [-0.05, 0) is 30.7 Å². The smallest absolute Gasteiger partial charge is 0.255 e. The van der Waals surface area contributed by atoms with Crippen molar-refractivity contribution in [2.45, 2.75) is 38.0 Å². The van der Waals surface area contributed by atoms with Crippen LogP contribution in [0.1, 0.15) is 34.3 Å². The minimum Gasteiger partial charge on any atom is -0.322 e. The molecule has 4 rings (SSSR count). The maximum absolute atomic E-state index is 12.7. The van der Waals surface area contributed by atoms with Crippen molar-refractivity contribution in [2.75, 3.05) is 20.1 Å². The second-order valence-electron chi connectivity index (χ2n) is 7.12. The highest BCUT2D eigenvalue weighted by Gasteiger charge is 2.39. The summed E-state index contributed by atoms with van der Waals surface area (Å²) in [5.41, 5.74) is 2.81. The van der Waals surface area contributed by atoms with E-state index in [9.17, 15) is 14.4 Å². The summed E-state index contributed by atoms with van der Waals surface area (Å²) in [4.78, 5) is 40.0. The fourth-order valence-electron chi connectivity index (χ4n) is 3.73. The molecule has 3 aliphatic heterocycles. The van der Waals surface area contributed by atoms with Crippen molar-refractivity contribution in [3.05, 3.63) is 34.9 Å². The highest BCUT2D eigenvalue weighted by atomic mass is 16.2. The van der Waals surface area contributed by atoms with E-state index in [0.717, 1.165) is 25.2 Å². The third-order valence-corrected chi connectivity index (χ3v) is 5.40. The van der Waals surface area contributed by atoms with Crippen LogP contribution >= 0.6 is 0 Å². The maximum Gasteiger partial charge on any atom is 0.255 e. The van der Waals surface area contributed by atoms with Crippen molar-refractivity contribution >= 4 is 17.7 Å². The number of carbonyl (C=O) groups excluding carboxylic acids is 3. The van der Waals surface area contributed by atoms with E-state index in [-0.39, 0.29) is 24.1 Å². The van der Waals surface area contributed by atoms with Crippen LogP contribution in [0.4, 0.5) is 0 Å². The average Bonchev–Trinajstić information content (AvgIpc) is 2.82. The second kappa shape index (κ2) is 6.24. The lowest BCUT2D eigenvalue weighted by molar-refractivity contribution is -0.136. The number of carbonyl (C=O) groups is 3. The molecular weight excluding hydrogens is 320 g/mol. The normalized spacial score (nSPS) is 23.7. The van der Waals surface area contributed by atoms with Crippen LogP contribution in [0.25, 0.3) is 0 Å². The Morgan fingerprint density at radius 3 is 2.72 bits per heavy atom. The number of rotatable bonds is 4. The van der Waals surface area contributed by atoms with Crippen molar-refractivity contribution in [3.8, 4) is 0 Å². The van der Waals surface area contributed by atoms with Gasteiger partial charge < -0.3 is 10.2 Å². The Hall–Kier alpha value is -2.25. The highest BCUT2D eigenvalue weighted by molar-refractivity contribution is 6.05. The Morgan fingerprint density at radius 2 is 2.04 bits per heavy atom. The van der Waals surface area contributed by atoms with E-state index in [1.54, 1.807) is 4.90 Å². The summed E-state index contributed by atoms with van der Waals surface area (Å²) >= 11 is 0. The third kappa shape index (κ3) is 2.94. The van der Waals surface area contributed by atoms with Crippen LogP contribution in [0, 0.1) is 0 Å². The van der Waals surface area contributed by atoms with E-state index in [1.807, 2.05) is 12.1 Å². The number of amides is 3. The van der Waals surface area contributed by atoms with E-state index in [2.05, 4.69) is 28.6 Å². The van der Waals surface area contributed by atoms with Gasteiger partial charge in [0.05, 0.1) is 0 Å². The Balaban J connectivity index is 1.49. The second-order valence-corrected chi connectivity index (χ2v) is 7.12. The topological polar surface area (TPSA) is 81.8 Å². The Morgan fingerprint density at radius 1 is 1.24 bits per heavy atom. The van der Waals surface area contributed by atoms with Crippen LogP contribution in [-0.2, 0) is 22.7 Å². The lowest BCUT2D eigenvalue weighted by Crippen LogP contribution is -2.55. The van der Waals surface area contributed by atoms with E-state index >= 15 is 0 Å². The van der Waals surface area contributed by atoms with Gasteiger partial charge in [0.25, 0.3) is 5.91 Å². The van der Waals surface area contributed by atoms with Crippen LogP contribution < -0.4 is 10.6 Å². The van der Waals surface area contributed by atoms with Gasteiger partial charge in [0.1, 0.15) is 6.04 Å². The molecule has 0 saturated carbocycles. The highest BCUT2D eigenvalue weighted by Crippen LogP contribution is 2.28. The van der Waals surface area contributed by atoms with Crippen molar-refractivity contribution in [3.63, 3.8) is 0 Å². The maximum atomic E-state index is 12.7. The first-order valence-electron chi connectivity index (χ1n) is 8.70. The number of nitrogens with one attached hydrogen (secondary N) is 2. The quantitative estimate of drug-likeness (QED) is 0.744. The molecule has 0 spiro atoms. The minimum atomic E-state index is -0.551. The van der Waals surface area contributed by atoms with E-state index in [0.29, 0.717) is 24.6 Å². The SMILES string of the molecule is CN(Cc1ccc2c(c1)CN(C1CCC(=O)NC1=O)C2=O)C1CNC1. The Labute approximate surface area is 146 Å². The van der Waals surface area contributed by atoms with Gasteiger partial charge in [-0.1, -0.05) is 12.1 Å². The summed E-state index contributed by atoms with van der Waals surface area (Å²) in [6.07, 6.45) is 0.677. The molecule has 3 aliphatic rings. The summed E-state index contributed by atoms with van der Waals surface area (Å²) in [5, 5.41) is 5.60. The van der Waals surface area contributed by atoms with E-state index in [4.69, 9.17) is 0 Å². The van der Waals surface area contributed by atoms with Crippen LogP contribution in [0.2, 0.25) is 0 Å². The molecule has 3 heterocycles. The Kier molecular flexibility index (Phi) is 4.05. The largest absolute Gasteiger partial charge is 0.322 e. The van der Waals surface area contributed by atoms with Gasteiger partial charge in [-0.25, -0.2) is 0 Å². The summed E-state index contributed by atoms with van der Waals surface area (Å²) in [6.45, 7) is 3.31. The summed E-state index contributed by atoms with van der Waals surface area (Å²) in [7, 11) is 2.11. The average molecular weight is 342 g/mol. The van der Waals surface area contributed by atoms with Crippen molar-refractivity contribution in [2.24, 2.45) is 0 Å². The van der Waals surface area contributed by atoms with Crippen molar-refractivity contribution in [1.82, 2.24) is 20.4 Å². The van der Waals surface area contributed by atoms with Crippen LogP contribution in [0.3, 0.4) is 0 Å². The fraction of sp³-hybridized carbons (Fsp3) is 0.500. The molecule has 0 bridgehead atoms. The fourth-order valence-corrected chi connectivity index (χ4v) is 3.73. The van der Waals surface area contributed by atoms with Crippen LogP contribution in [0.5, 0.6) is 0 Å². The summed E-state index contributed by atoms with van der Waals surface area (Å²) in [5.74, 6) is -0.747. The molecule has 0 aliphatic carbocycles. The first-order chi connectivity index (χ1) is 12.0. The van der Waals surface area contributed by atoms with Gasteiger partial charge in [-0.15, -0.1) is 0 Å². The number of piperidine rings is 1. The van der Waals surface area contributed by atoms with Gasteiger partial charge in [0.15, 0.2) is 0 Å². The molecule has 0 aromatic heterocycles. The predicted octanol–water partition coefficient (Wildman–Crippen LogP) is -0.149. The molecule has 0 radical (unpaired) electrons. The number of benzene rings is 1. The van der Waals surface area contributed by atoms with Gasteiger partial charge in [-0.2, -0.15) is 0 Å². The monoisotopic (exact) mass is 342 g/mol. The number of hydrogen-bond acceptors (Lipinski definition) is 5. The molecule has 1 unspecified atom stereocenters. The molecule has 2 fully saturated rings. The minimum absolute atomic E-state index is 0.118. The Bertz CT molecular complexity index is 744. The zero-order valence-electron chi connectivity index (χ0n) is 14.2. The van der Waals surface area contributed by atoms with Crippen molar-refractivity contribution in [1.29, 1.82) is 0 Å². The van der Waals surface area contributed by atoms with Crippen LogP contribution in [-0.4, -0.2) is 59.7 Å². The molecule has 2 N–H and O–H groups in total. The third-order valence-electron chi connectivity index (χ3n) is 5.40. The molecule has 1 atom stereocenters. The molecule has 3 amide bonds. The number of nitrogens with zero attached hydrogens (tertiary/aromatic N) is 2. The lowest BCUT2D eigenvalue weighted by Gasteiger charge is -2.35. The van der Waals surface area contributed by atoms with Gasteiger partial charge in [0, 0.05) is 44.2 Å². The van der Waals surface area contributed by atoms with Crippen molar-refractivity contribution < 1.29 is 14.4 Å². The molecule has 7 nitrogen and oxygen atoms in total. The zero-order valence-corrected chi connectivity index (χ0v) is 14.2. The molecule has 132 valence electrons. The summed E-state index contributed by atoms with van der Waals surface area (Å²) < 4.78 is 0. The predicted molar refractivity (Wildman–Crippen MR) is 90.6 cm³/mol. The van der Waals surface area contributed by atoms with Crippen LogP contribution in [0.15, 0.2) is 18.2 Å².